The van der Waals surface area contributed by atoms with Gasteiger partial charge in [0, 0.05) is 48.4 Å². The van der Waals surface area contributed by atoms with Crippen LogP contribution in [0.1, 0.15) is 40.7 Å². The average molecular weight is 371 g/mol. The van der Waals surface area contributed by atoms with E-state index in [0.717, 1.165) is 30.5 Å². The van der Waals surface area contributed by atoms with Gasteiger partial charge in [-0.1, -0.05) is 11.6 Å². The Labute approximate surface area is 159 Å². The maximum Gasteiger partial charge on any atom is 0.222 e. The molecule has 0 saturated carbocycles. The number of halogens is 1. The van der Waals surface area contributed by atoms with Gasteiger partial charge in [0.1, 0.15) is 0 Å². The number of piperidine rings is 1. The molecule has 0 aliphatic carbocycles. The van der Waals surface area contributed by atoms with Crippen molar-refractivity contribution < 1.29 is 9.59 Å². The van der Waals surface area contributed by atoms with Crippen molar-refractivity contribution in [1.29, 1.82) is 0 Å². The number of aryl methyl sites for hydroxylation is 2. The predicted molar refractivity (Wildman–Crippen MR) is 102 cm³/mol. The van der Waals surface area contributed by atoms with E-state index >= 15 is 0 Å². The van der Waals surface area contributed by atoms with Crippen molar-refractivity contribution in [2.45, 2.75) is 32.6 Å². The summed E-state index contributed by atoms with van der Waals surface area (Å²) in [7, 11) is 0. The van der Waals surface area contributed by atoms with Gasteiger partial charge >= 0.3 is 0 Å². The number of hydrogen-bond acceptors (Lipinski definition) is 3. The second kappa shape index (κ2) is 8.45. The Morgan fingerprint density at radius 1 is 1.23 bits per heavy atom. The molecule has 1 aliphatic heterocycles. The first-order valence-corrected chi connectivity index (χ1v) is 9.39. The van der Waals surface area contributed by atoms with Crippen LogP contribution < -0.4 is 0 Å². The average Bonchev–Trinajstić information content (AvgIpc) is 2.66. The van der Waals surface area contributed by atoms with Gasteiger partial charge in [-0.25, -0.2) is 0 Å². The molecule has 1 fully saturated rings. The maximum atomic E-state index is 12.9. The third kappa shape index (κ3) is 4.50. The molecule has 136 valence electrons. The SMILES string of the molecule is Cc1cc(Cl)ccc1C(=O)[C@@H]1CCCN(C(=O)CCc2ccncc2)C1. The molecule has 0 unspecified atom stereocenters. The van der Waals surface area contributed by atoms with E-state index in [1.54, 1.807) is 24.5 Å². The molecule has 3 rings (SSSR count). The van der Waals surface area contributed by atoms with Crippen LogP contribution in [-0.4, -0.2) is 34.7 Å². The quantitative estimate of drug-likeness (QED) is 0.744. The number of ketones is 1. The zero-order valence-corrected chi connectivity index (χ0v) is 15.7. The molecule has 0 spiro atoms. The van der Waals surface area contributed by atoms with Crippen molar-refractivity contribution in [3.05, 3.63) is 64.4 Å². The second-order valence-electron chi connectivity index (χ2n) is 6.86. The number of Topliss-reactive ketones (excluding diaryl/α,β-unsaturated/α-hetero) is 1. The van der Waals surface area contributed by atoms with Crippen LogP contribution >= 0.6 is 11.6 Å². The summed E-state index contributed by atoms with van der Waals surface area (Å²) >= 11 is 5.99. The third-order valence-corrected chi connectivity index (χ3v) is 5.21. The lowest BCUT2D eigenvalue weighted by Gasteiger charge is -2.32. The Morgan fingerprint density at radius 2 is 2.00 bits per heavy atom. The molecule has 2 heterocycles. The Bertz CT molecular complexity index is 792. The Kier molecular flexibility index (Phi) is 6.04. The van der Waals surface area contributed by atoms with E-state index in [0.29, 0.717) is 30.0 Å². The normalized spacial score (nSPS) is 17.2. The van der Waals surface area contributed by atoms with Gasteiger partial charge in [0.15, 0.2) is 5.78 Å². The van der Waals surface area contributed by atoms with Crippen molar-refractivity contribution in [3.63, 3.8) is 0 Å². The largest absolute Gasteiger partial charge is 0.342 e. The molecule has 1 amide bonds. The molecule has 1 aliphatic rings. The number of rotatable bonds is 5. The van der Waals surface area contributed by atoms with Crippen molar-refractivity contribution in [2.24, 2.45) is 5.92 Å². The van der Waals surface area contributed by atoms with E-state index in [-0.39, 0.29) is 17.6 Å². The number of aromatic nitrogens is 1. The third-order valence-electron chi connectivity index (χ3n) is 4.98. The highest BCUT2D eigenvalue weighted by Gasteiger charge is 2.29. The van der Waals surface area contributed by atoms with Gasteiger partial charge in [0.25, 0.3) is 0 Å². The maximum absolute atomic E-state index is 12.9. The van der Waals surface area contributed by atoms with E-state index in [4.69, 9.17) is 11.6 Å². The molecular weight excluding hydrogens is 348 g/mol. The molecule has 1 atom stereocenters. The first-order valence-electron chi connectivity index (χ1n) is 9.01. The minimum atomic E-state index is -0.131. The van der Waals surface area contributed by atoms with Crippen LogP contribution in [0.3, 0.4) is 0 Å². The highest BCUT2D eigenvalue weighted by atomic mass is 35.5. The van der Waals surface area contributed by atoms with Crippen LogP contribution in [0.2, 0.25) is 5.02 Å². The summed E-state index contributed by atoms with van der Waals surface area (Å²) in [4.78, 5) is 31.3. The van der Waals surface area contributed by atoms with Gasteiger partial charge < -0.3 is 4.90 Å². The molecule has 0 N–H and O–H groups in total. The molecule has 5 heteroatoms. The Morgan fingerprint density at radius 3 is 2.73 bits per heavy atom. The molecule has 4 nitrogen and oxygen atoms in total. The Hall–Kier alpha value is -2.20. The minimum Gasteiger partial charge on any atom is -0.342 e. The molecule has 2 aromatic rings. The topological polar surface area (TPSA) is 50.3 Å². The van der Waals surface area contributed by atoms with Crippen LogP contribution in [0.5, 0.6) is 0 Å². The van der Waals surface area contributed by atoms with E-state index in [1.165, 1.54) is 0 Å². The van der Waals surface area contributed by atoms with Crippen molar-refractivity contribution in [3.8, 4) is 0 Å². The predicted octanol–water partition coefficient (Wildman–Crippen LogP) is 4.10. The van der Waals surface area contributed by atoms with Gasteiger partial charge in [0.05, 0.1) is 0 Å². The van der Waals surface area contributed by atoms with Crippen LogP contribution in [0.4, 0.5) is 0 Å². The second-order valence-corrected chi connectivity index (χ2v) is 7.29. The molecule has 1 aromatic heterocycles. The summed E-state index contributed by atoms with van der Waals surface area (Å²) in [5.74, 6) is 0.103. The van der Waals surface area contributed by atoms with Crippen LogP contribution in [0.15, 0.2) is 42.7 Å². The fourth-order valence-electron chi connectivity index (χ4n) is 3.50. The lowest BCUT2D eigenvalue weighted by atomic mass is 9.88. The zero-order chi connectivity index (χ0) is 18.5. The number of pyridine rings is 1. The summed E-state index contributed by atoms with van der Waals surface area (Å²) in [6, 6.07) is 9.22. The summed E-state index contributed by atoms with van der Waals surface area (Å²) in [5.41, 5.74) is 2.71. The van der Waals surface area contributed by atoms with Crippen molar-refractivity contribution in [2.75, 3.05) is 13.1 Å². The van der Waals surface area contributed by atoms with Gasteiger partial charge in [-0.2, -0.15) is 0 Å². The number of carbonyl (C=O) groups is 2. The van der Waals surface area contributed by atoms with Crippen LogP contribution in [0, 0.1) is 12.8 Å². The van der Waals surface area contributed by atoms with Gasteiger partial charge in [-0.05, 0) is 67.6 Å². The van der Waals surface area contributed by atoms with Crippen LogP contribution in [-0.2, 0) is 11.2 Å². The molecule has 26 heavy (non-hydrogen) atoms. The summed E-state index contributed by atoms with van der Waals surface area (Å²) in [5, 5.41) is 0.635. The van der Waals surface area contributed by atoms with Crippen molar-refractivity contribution in [1.82, 2.24) is 9.88 Å². The van der Waals surface area contributed by atoms with Gasteiger partial charge in [-0.15, -0.1) is 0 Å². The van der Waals surface area contributed by atoms with E-state index in [1.807, 2.05) is 30.0 Å². The van der Waals surface area contributed by atoms with Gasteiger partial charge in [0.2, 0.25) is 5.91 Å². The highest BCUT2D eigenvalue weighted by molar-refractivity contribution is 6.30. The summed E-state index contributed by atoms with van der Waals surface area (Å²) in [6.45, 7) is 3.15. The highest BCUT2D eigenvalue weighted by Crippen LogP contribution is 2.24. The zero-order valence-electron chi connectivity index (χ0n) is 15.0. The van der Waals surface area contributed by atoms with Gasteiger partial charge in [-0.3, -0.25) is 14.6 Å². The monoisotopic (exact) mass is 370 g/mol. The lowest BCUT2D eigenvalue weighted by molar-refractivity contribution is -0.132. The summed E-state index contributed by atoms with van der Waals surface area (Å²) < 4.78 is 0. The molecule has 1 saturated heterocycles. The fraction of sp³-hybridized carbons (Fsp3) is 0.381. The molecular formula is C21H23ClN2O2. The number of nitrogens with zero attached hydrogens (tertiary/aromatic N) is 2. The van der Waals surface area contributed by atoms with E-state index < -0.39 is 0 Å². The number of hydrogen-bond donors (Lipinski definition) is 0. The molecule has 0 bridgehead atoms. The minimum absolute atomic E-state index is 0.116. The smallest absolute Gasteiger partial charge is 0.222 e. The first kappa shape index (κ1) is 18.6. The van der Waals surface area contributed by atoms with E-state index in [9.17, 15) is 9.59 Å². The van der Waals surface area contributed by atoms with Crippen LogP contribution in [0.25, 0.3) is 0 Å². The van der Waals surface area contributed by atoms with Crippen molar-refractivity contribution >= 4 is 23.3 Å². The number of carbonyl (C=O) groups excluding carboxylic acids is 2. The Balaban J connectivity index is 1.61. The number of likely N-dealkylation sites (tertiary alicyclic amines) is 1. The summed E-state index contributed by atoms with van der Waals surface area (Å²) in [6.07, 6.45) is 6.34. The molecule has 1 aromatic carbocycles. The number of benzene rings is 1. The fourth-order valence-corrected chi connectivity index (χ4v) is 3.73. The lowest BCUT2D eigenvalue weighted by Crippen LogP contribution is -2.42. The molecule has 0 radical (unpaired) electrons. The standard InChI is InChI=1S/C21H23ClN2O2/c1-15-13-18(22)5-6-19(15)21(26)17-3-2-12-24(14-17)20(25)7-4-16-8-10-23-11-9-16/h5-6,8-11,13,17H,2-4,7,12,14H2,1H3/t17-/m1/s1. The first-order chi connectivity index (χ1) is 12.5. The number of amides is 1. The van der Waals surface area contributed by atoms with E-state index in [2.05, 4.69) is 4.98 Å².